The number of nitrogens with zero attached hydrogens (tertiary/aromatic N) is 3. The smallest absolute Gasteiger partial charge is 0.157 e. The average molecular weight is 387 g/mol. The zero-order valence-corrected chi connectivity index (χ0v) is 17.3. The second kappa shape index (κ2) is 7.14. The van der Waals surface area contributed by atoms with Crippen LogP contribution in [0.5, 0.6) is 0 Å². The molecule has 0 atom stereocenters. The van der Waals surface area contributed by atoms with E-state index in [9.17, 15) is 0 Å². The van der Waals surface area contributed by atoms with Crippen LogP contribution >= 0.6 is 11.3 Å². The third kappa shape index (κ3) is 3.78. The fourth-order valence-electron chi connectivity index (χ4n) is 2.98. The second-order valence-electron chi connectivity index (χ2n) is 7.71. The van der Waals surface area contributed by atoms with Crippen LogP contribution in [0.15, 0.2) is 54.9 Å². The molecular weight excluding hydrogens is 364 g/mol. The van der Waals surface area contributed by atoms with Crippen molar-refractivity contribution in [2.24, 2.45) is 0 Å². The Labute approximate surface area is 169 Å². The molecule has 5 heteroatoms. The molecule has 4 rings (SSSR count). The van der Waals surface area contributed by atoms with Crippen LogP contribution in [0.1, 0.15) is 36.9 Å². The first-order chi connectivity index (χ1) is 13.4. The van der Waals surface area contributed by atoms with Crippen molar-refractivity contribution in [2.45, 2.75) is 33.2 Å². The number of aryl methyl sites for hydroxylation is 1. The van der Waals surface area contributed by atoms with Crippen molar-refractivity contribution in [1.82, 2.24) is 14.4 Å². The van der Waals surface area contributed by atoms with Crippen molar-refractivity contribution >= 4 is 22.8 Å². The van der Waals surface area contributed by atoms with Gasteiger partial charge in [-0.1, -0.05) is 30.0 Å². The number of rotatable bonds is 2. The number of hydrogen-bond donors (Lipinski definition) is 1. The van der Waals surface area contributed by atoms with Gasteiger partial charge in [-0.25, -0.2) is 4.98 Å². The Morgan fingerprint density at radius 3 is 2.54 bits per heavy atom. The van der Waals surface area contributed by atoms with Crippen molar-refractivity contribution in [3.8, 4) is 22.4 Å². The summed E-state index contributed by atoms with van der Waals surface area (Å²) in [4.78, 5) is 11.3. The molecule has 140 valence electrons. The lowest BCUT2D eigenvalue weighted by Gasteiger charge is -2.22. The van der Waals surface area contributed by atoms with Crippen LogP contribution in [-0.4, -0.2) is 19.9 Å². The number of thiophene rings is 1. The van der Waals surface area contributed by atoms with Gasteiger partial charge in [-0.15, -0.1) is 11.3 Å². The third-order valence-electron chi connectivity index (χ3n) is 4.14. The molecule has 28 heavy (non-hydrogen) atoms. The van der Waals surface area contributed by atoms with Gasteiger partial charge >= 0.3 is 0 Å². The average Bonchev–Trinajstić information content (AvgIpc) is 3.25. The lowest BCUT2D eigenvalue weighted by atomic mass is 10.1. The lowest BCUT2D eigenvalue weighted by molar-refractivity contribution is 0.629. The van der Waals surface area contributed by atoms with Gasteiger partial charge in [0.25, 0.3) is 0 Å². The predicted octanol–water partition coefficient (Wildman–Crippen LogP) is 5.38. The van der Waals surface area contributed by atoms with E-state index in [1.807, 2.05) is 43.5 Å². The highest BCUT2D eigenvalue weighted by Crippen LogP contribution is 2.35. The minimum atomic E-state index is -0.0897. The van der Waals surface area contributed by atoms with Gasteiger partial charge in [0.1, 0.15) is 11.5 Å². The molecule has 4 aromatic rings. The summed E-state index contributed by atoms with van der Waals surface area (Å²) in [6.07, 6.45) is 3.66. The summed E-state index contributed by atoms with van der Waals surface area (Å²) >= 11 is 1.66. The zero-order chi connectivity index (χ0) is 19.7. The highest BCUT2D eigenvalue weighted by Gasteiger charge is 2.21. The van der Waals surface area contributed by atoms with Gasteiger partial charge in [0, 0.05) is 23.0 Å². The molecule has 0 spiro atoms. The van der Waals surface area contributed by atoms with Crippen molar-refractivity contribution in [3.05, 3.63) is 71.0 Å². The van der Waals surface area contributed by atoms with Crippen LogP contribution in [0.3, 0.4) is 0 Å². The first-order valence-corrected chi connectivity index (χ1v) is 10.0. The molecule has 1 N–H and O–H groups in total. The summed E-state index contributed by atoms with van der Waals surface area (Å²) in [7, 11) is 0. The molecule has 0 saturated heterocycles. The van der Waals surface area contributed by atoms with E-state index in [0.717, 1.165) is 38.2 Å². The van der Waals surface area contributed by atoms with Crippen molar-refractivity contribution in [3.63, 3.8) is 0 Å². The SMILES string of the molecule is Cc1cncc2nc(-c3ccc(C#Cc4ccccc4)s3)c(NC(C)(C)C)n12. The van der Waals surface area contributed by atoms with E-state index in [1.54, 1.807) is 17.5 Å². The quantitative estimate of drug-likeness (QED) is 0.471. The first-order valence-electron chi connectivity index (χ1n) is 9.19. The number of fused-ring (bicyclic) bond motifs is 1. The molecular formula is C23H22N4S. The fraction of sp³-hybridized carbons (Fsp3) is 0.217. The van der Waals surface area contributed by atoms with E-state index in [-0.39, 0.29) is 5.54 Å². The number of aromatic nitrogens is 3. The Balaban J connectivity index is 1.78. The van der Waals surface area contributed by atoms with E-state index in [4.69, 9.17) is 4.98 Å². The number of imidazole rings is 1. The summed E-state index contributed by atoms with van der Waals surface area (Å²) in [6.45, 7) is 8.50. The Kier molecular flexibility index (Phi) is 4.66. The van der Waals surface area contributed by atoms with Crippen LogP contribution in [-0.2, 0) is 0 Å². The van der Waals surface area contributed by atoms with Gasteiger partial charge in [-0.2, -0.15) is 0 Å². The molecule has 0 aliphatic carbocycles. The third-order valence-corrected chi connectivity index (χ3v) is 5.15. The summed E-state index contributed by atoms with van der Waals surface area (Å²) in [6, 6.07) is 14.2. The summed E-state index contributed by atoms with van der Waals surface area (Å²) in [5.74, 6) is 7.48. The molecule has 3 heterocycles. The van der Waals surface area contributed by atoms with Crippen LogP contribution in [0.4, 0.5) is 5.82 Å². The second-order valence-corrected chi connectivity index (χ2v) is 8.79. The van der Waals surface area contributed by atoms with Crippen LogP contribution < -0.4 is 5.32 Å². The maximum atomic E-state index is 4.86. The summed E-state index contributed by atoms with van der Waals surface area (Å²) in [5.41, 5.74) is 3.75. The molecule has 0 aliphatic rings. The Bertz CT molecular complexity index is 1180. The van der Waals surface area contributed by atoms with E-state index in [0.29, 0.717) is 0 Å². The molecule has 0 unspecified atom stereocenters. The highest BCUT2D eigenvalue weighted by atomic mass is 32.1. The number of benzene rings is 1. The standard InChI is InChI=1S/C23H22N4S/c1-16-14-24-15-20-25-21(22(27(16)20)26-23(2,3)4)19-13-12-18(28-19)11-10-17-8-6-5-7-9-17/h5-9,12-15,26H,1-4H3. The molecule has 4 nitrogen and oxygen atoms in total. The minimum Gasteiger partial charge on any atom is -0.365 e. The molecule has 0 radical (unpaired) electrons. The molecule has 1 aromatic carbocycles. The van der Waals surface area contributed by atoms with Gasteiger partial charge in [0.05, 0.1) is 16.0 Å². The van der Waals surface area contributed by atoms with Gasteiger partial charge in [0.15, 0.2) is 5.65 Å². The van der Waals surface area contributed by atoms with Crippen molar-refractivity contribution < 1.29 is 0 Å². The summed E-state index contributed by atoms with van der Waals surface area (Å²) in [5, 5.41) is 3.62. The van der Waals surface area contributed by atoms with E-state index >= 15 is 0 Å². The number of hydrogen-bond acceptors (Lipinski definition) is 4. The maximum Gasteiger partial charge on any atom is 0.157 e. The molecule has 0 aliphatic heterocycles. The molecule has 0 saturated carbocycles. The lowest BCUT2D eigenvalue weighted by Crippen LogP contribution is -2.27. The van der Waals surface area contributed by atoms with Crippen molar-refractivity contribution in [2.75, 3.05) is 5.32 Å². The van der Waals surface area contributed by atoms with Crippen molar-refractivity contribution in [1.29, 1.82) is 0 Å². The number of nitrogens with one attached hydrogen (secondary N) is 1. The molecule has 0 fully saturated rings. The zero-order valence-electron chi connectivity index (χ0n) is 16.4. The highest BCUT2D eigenvalue weighted by molar-refractivity contribution is 7.16. The molecule has 0 bridgehead atoms. The van der Waals surface area contributed by atoms with Crippen LogP contribution in [0, 0.1) is 18.8 Å². The van der Waals surface area contributed by atoms with Crippen LogP contribution in [0.25, 0.3) is 16.2 Å². The van der Waals surface area contributed by atoms with E-state index in [2.05, 4.69) is 59.4 Å². The van der Waals surface area contributed by atoms with Gasteiger partial charge in [0.2, 0.25) is 0 Å². The normalized spacial score (nSPS) is 11.3. The van der Waals surface area contributed by atoms with E-state index < -0.39 is 0 Å². The monoisotopic (exact) mass is 386 g/mol. The molecule has 3 aromatic heterocycles. The fourth-order valence-corrected chi connectivity index (χ4v) is 3.83. The Morgan fingerprint density at radius 1 is 1.00 bits per heavy atom. The number of anilines is 1. The topological polar surface area (TPSA) is 42.2 Å². The largest absolute Gasteiger partial charge is 0.365 e. The predicted molar refractivity (Wildman–Crippen MR) is 117 cm³/mol. The maximum absolute atomic E-state index is 4.86. The van der Waals surface area contributed by atoms with Crippen LogP contribution in [0.2, 0.25) is 0 Å². The Morgan fingerprint density at radius 2 is 1.79 bits per heavy atom. The minimum absolute atomic E-state index is 0.0897. The van der Waals surface area contributed by atoms with Gasteiger partial charge in [-0.05, 0) is 52.0 Å². The van der Waals surface area contributed by atoms with Gasteiger partial charge in [-0.3, -0.25) is 9.38 Å². The van der Waals surface area contributed by atoms with Gasteiger partial charge < -0.3 is 5.32 Å². The Hall–Kier alpha value is -3.10. The first kappa shape index (κ1) is 18.3. The summed E-state index contributed by atoms with van der Waals surface area (Å²) < 4.78 is 2.13. The van der Waals surface area contributed by atoms with E-state index in [1.165, 1.54) is 0 Å². The molecule has 0 amide bonds.